The van der Waals surface area contributed by atoms with Gasteiger partial charge in [-0.2, -0.15) is 0 Å². The van der Waals surface area contributed by atoms with Gasteiger partial charge in [0.25, 0.3) is 0 Å². The molecule has 3 nitrogen and oxygen atoms in total. The Hall–Kier alpha value is 0.380. The molecule has 1 aromatic rings. The molecule has 1 saturated carbocycles. The van der Waals surface area contributed by atoms with Crippen molar-refractivity contribution in [1.29, 1.82) is 0 Å². The molecule has 0 amide bonds. The number of thiophene rings is 1. The van der Waals surface area contributed by atoms with Crippen LogP contribution in [0.5, 0.6) is 0 Å². The Morgan fingerprint density at radius 3 is 2.83 bits per heavy atom. The van der Waals surface area contributed by atoms with E-state index in [4.69, 9.17) is 11.6 Å². The maximum absolute atomic E-state index is 12.2. The molecule has 0 aromatic carbocycles. The lowest BCUT2D eigenvalue weighted by molar-refractivity contribution is 0.485. The maximum Gasteiger partial charge on any atom is 0.250 e. The second-order valence-corrected chi connectivity index (χ2v) is 8.84. The molecule has 1 aromatic heterocycles. The largest absolute Gasteiger partial charge is 0.250 e. The normalized spacial score (nSPS) is 24.6. The van der Waals surface area contributed by atoms with Crippen molar-refractivity contribution in [2.75, 3.05) is 5.33 Å². The third-order valence-corrected chi connectivity index (χ3v) is 7.61. The summed E-state index contributed by atoms with van der Waals surface area (Å²) in [7, 11) is -3.43. The number of alkyl halides is 1. The molecule has 102 valence electrons. The smallest absolute Gasteiger partial charge is 0.207 e. The standard InChI is InChI=1S/C11H15BrClNO2S2/c1-7-5-10(17-11(7)13)18(15,16)14-9-4-2-3-8(9)6-12/h5,8-9,14H,2-4,6H2,1H3. The van der Waals surface area contributed by atoms with Crippen LogP contribution in [0.4, 0.5) is 0 Å². The molecule has 0 bridgehead atoms. The van der Waals surface area contributed by atoms with Crippen LogP contribution in [0.15, 0.2) is 10.3 Å². The van der Waals surface area contributed by atoms with Gasteiger partial charge < -0.3 is 0 Å². The lowest BCUT2D eigenvalue weighted by Gasteiger charge is -2.18. The van der Waals surface area contributed by atoms with E-state index in [0.29, 0.717) is 14.5 Å². The molecule has 2 atom stereocenters. The highest BCUT2D eigenvalue weighted by molar-refractivity contribution is 9.09. The van der Waals surface area contributed by atoms with Crippen LogP contribution in [0.1, 0.15) is 24.8 Å². The molecule has 2 rings (SSSR count). The lowest BCUT2D eigenvalue weighted by Crippen LogP contribution is -2.37. The number of sulfonamides is 1. The summed E-state index contributed by atoms with van der Waals surface area (Å²) in [5, 5.41) is 0.838. The van der Waals surface area contributed by atoms with Crippen LogP contribution in [0.2, 0.25) is 4.34 Å². The van der Waals surface area contributed by atoms with Gasteiger partial charge in [-0.1, -0.05) is 34.0 Å². The number of hydrogen-bond acceptors (Lipinski definition) is 3. The Kier molecular flexibility index (Phi) is 4.75. The van der Waals surface area contributed by atoms with Crippen molar-refractivity contribution in [3.63, 3.8) is 0 Å². The van der Waals surface area contributed by atoms with Gasteiger partial charge in [-0.05, 0) is 37.3 Å². The maximum atomic E-state index is 12.2. The van der Waals surface area contributed by atoms with Crippen molar-refractivity contribution < 1.29 is 8.42 Å². The van der Waals surface area contributed by atoms with Crippen LogP contribution in [-0.4, -0.2) is 19.8 Å². The first kappa shape index (κ1) is 14.8. The number of hydrogen-bond donors (Lipinski definition) is 1. The van der Waals surface area contributed by atoms with E-state index in [9.17, 15) is 8.42 Å². The van der Waals surface area contributed by atoms with Gasteiger partial charge in [-0.3, -0.25) is 0 Å². The fourth-order valence-electron chi connectivity index (χ4n) is 2.20. The van der Waals surface area contributed by atoms with Crippen molar-refractivity contribution in [2.45, 2.75) is 36.4 Å². The van der Waals surface area contributed by atoms with E-state index in [2.05, 4.69) is 20.7 Å². The van der Waals surface area contributed by atoms with Gasteiger partial charge in [-0.25, -0.2) is 13.1 Å². The van der Waals surface area contributed by atoms with Gasteiger partial charge in [0.15, 0.2) is 0 Å². The zero-order valence-electron chi connectivity index (χ0n) is 9.95. The van der Waals surface area contributed by atoms with Gasteiger partial charge in [0, 0.05) is 11.4 Å². The average molecular weight is 373 g/mol. The van der Waals surface area contributed by atoms with Crippen LogP contribution < -0.4 is 4.72 Å². The quantitative estimate of drug-likeness (QED) is 0.822. The van der Waals surface area contributed by atoms with Crippen molar-refractivity contribution >= 4 is 48.9 Å². The van der Waals surface area contributed by atoms with Crippen molar-refractivity contribution in [1.82, 2.24) is 4.72 Å². The first-order valence-corrected chi connectivity index (χ1v) is 9.58. The van der Waals surface area contributed by atoms with E-state index in [0.717, 1.165) is 41.5 Å². The Morgan fingerprint density at radius 1 is 1.56 bits per heavy atom. The Morgan fingerprint density at radius 2 is 2.28 bits per heavy atom. The lowest BCUT2D eigenvalue weighted by atomic mass is 10.1. The highest BCUT2D eigenvalue weighted by Gasteiger charge is 2.31. The molecule has 1 aliphatic carbocycles. The summed E-state index contributed by atoms with van der Waals surface area (Å²) in [6.07, 6.45) is 3.06. The predicted molar refractivity (Wildman–Crippen MR) is 79.3 cm³/mol. The molecular formula is C11H15BrClNO2S2. The molecule has 0 spiro atoms. The van der Waals surface area contributed by atoms with Gasteiger partial charge in [0.2, 0.25) is 10.0 Å². The van der Waals surface area contributed by atoms with Gasteiger partial charge in [0.05, 0.1) is 4.34 Å². The minimum absolute atomic E-state index is 0.0376. The highest BCUT2D eigenvalue weighted by atomic mass is 79.9. The van der Waals surface area contributed by atoms with E-state index in [1.165, 1.54) is 0 Å². The fourth-order valence-corrected chi connectivity index (χ4v) is 6.04. The predicted octanol–water partition coefficient (Wildman–Crippen LogP) is 3.55. The third kappa shape index (κ3) is 3.10. The monoisotopic (exact) mass is 371 g/mol. The molecule has 18 heavy (non-hydrogen) atoms. The summed E-state index contributed by atoms with van der Waals surface area (Å²) in [6, 6.07) is 1.67. The van der Waals surface area contributed by atoms with Gasteiger partial charge in [-0.15, -0.1) is 11.3 Å². The number of halogens is 2. The first-order chi connectivity index (χ1) is 8.44. The second-order valence-electron chi connectivity index (χ2n) is 4.60. The molecule has 0 aliphatic heterocycles. The average Bonchev–Trinajstić information content (AvgIpc) is 2.86. The second kappa shape index (κ2) is 5.79. The van der Waals surface area contributed by atoms with Crippen molar-refractivity contribution in [3.8, 4) is 0 Å². The summed E-state index contributed by atoms with van der Waals surface area (Å²) in [5.74, 6) is 0.385. The summed E-state index contributed by atoms with van der Waals surface area (Å²) < 4.78 is 28.1. The number of aryl methyl sites for hydroxylation is 1. The van der Waals surface area contributed by atoms with E-state index >= 15 is 0 Å². The molecule has 1 heterocycles. The van der Waals surface area contributed by atoms with Crippen LogP contribution in [0, 0.1) is 12.8 Å². The molecule has 2 unspecified atom stereocenters. The fraction of sp³-hybridized carbons (Fsp3) is 0.636. The Balaban J connectivity index is 2.17. The van der Waals surface area contributed by atoms with Crippen LogP contribution >= 0.6 is 38.9 Å². The summed E-state index contributed by atoms with van der Waals surface area (Å²) >= 11 is 10.5. The summed E-state index contributed by atoms with van der Waals surface area (Å²) in [5.41, 5.74) is 0.811. The Labute approximate surface area is 125 Å². The molecule has 0 saturated heterocycles. The van der Waals surface area contributed by atoms with Gasteiger partial charge in [0.1, 0.15) is 4.21 Å². The SMILES string of the molecule is Cc1cc(S(=O)(=O)NC2CCCC2CBr)sc1Cl. The first-order valence-electron chi connectivity index (χ1n) is 5.78. The third-order valence-electron chi connectivity index (χ3n) is 3.26. The molecule has 1 aliphatic rings. The molecule has 1 N–H and O–H groups in total. The zero-order chi connectivity index (χ0) is 13.3. The number of rotatable bonds is 4. The number of nitrogens with one attached hydrogen (secondary N) is 1. The summed E-state index contributed by atoms with van der Waals surface area (Å²) in [4.78, 5) is 0. The van der Waals surface area contributed by atoms with Crippen molar-refractivity contribution in [3.05, 3.63) is 16.0 Å². The van der Waals surface area contributed by atoms with Crippen molar-refractivity contribution in [2.24, 2.45) is 5.92 Å². The summed E-state index contributed by atoms with van der Waals surface area (Å²) in [6.45, 7) is 1.81. The van der Waals surface area contributed by atoms with E-state index in [1.54, 1.807) is 6.07 Å². The minimum Gasteiger partial charge on any atom is -0.207 e. The van der Waals surface area contributed by atoms with Crippen LogP contribution in [0.25, 0.3) is 0 Å². The molecular weight excluding hydrogens is 358 g/mol. The topological polar surface area (TPSA) is 46.2 Å². The molecule has 7 heteroatoms. The molecule has 1 fully saturated rings. The molecule has 0 radical (unpaired) electrons. The van der Waals surface area contributed by atoms with Crippen LogP contribution in [-0.2, 0) is 10.0 Å². The van der Waals surface area contributed by atoms with Gasteiger partial charge >= 0.3 is 0 Å². The highest BCUT2D eigenvalue weighted by Crippen LogP contribution is 2.32. The zero-order valence-corrected chi connectivity index (χ0v) is 13.9. The Bertz CT molecular complexity index is 510. The van der Waals surface area contributed by atoms with E-state index in [1.807, 2.05) is 6.92 Å². The van der Waals surface area contributed by atoms with E-state index in [-0.39, 0.29) is 6.04 Å². The van der Waals surface area contributed by atoms with Crippen LogP contribution in [0.3, 0.4) is 0 Å². The van der Waals surface area contributed by atoms with E-state index < -0.39 is 10.0 Å². The minimum atomic E-state index is -3.43.